The number of nitrogens with zero attached hydrogens (tertiary/aromatic N) is 2. The normalized spacial score (nSPS) is 11.0. The Morgan fingerprint density at radius 2 is 1.92 bits per heavy atom. The number of benzene rings is 2. The molecular formula is C19H16FN5S. The molecule has 0 bridgehead atoms. The summed E-state index contributed by atoms with van der Waals surface area (Å²) in [6.07, 6.45) is 3.38. The predicted octanol–water partition coefficient (Wildman–Crippen LogP) is 4.73. The van der Waals surface area contributed by atoms with E-state index in [2.05, 4.69) is 25.0 Å². The molecule has 7 heteroatoms. The van der Waals surface area contributed by atoms with E-state index >= 15 is 0 Å². The first kappa shape index (κ1) is 16.6. The summed E-state index contributed by atoms with van der Waals surface area (Å²) in [4.78, 5) is 13.0. The lowest BCUT2D eigenvalue weighted by Gasteiger charge is -2.09. The monoisotopic (exact) mass is 365 g/mol. The van der Waals surface area contributed by atoms with Crippen molar-refractivity contribution in [3.8, 4) is 11.1 Å². The van der Waals surface area contributed by atoms with Crippen LogP contribution in [0.15, 0.2) is 66.0 Å². The van der Waals surface area contributed by atoms with Gasteiger partial charge in [0.05, 0.1) is 5.39 Å². The molecule has 0 aliphatic rings. The van der Waals surface area contributed by atoms with Crippen LogP contribution in [0.3, 0.4) is 0 Å². The largest absolute Gasteiger partial charge is 0.345 e. The summed E-state index contributed by atoms with van der Waals surface area (Å²) >= 11 is 1.54. The molecule has 0 atom stereocenters. The molecule has 2 aromatic carbocycles. The van der Waals surface area contributed by atoms with Crippen molar-refractivity contribution in [2.75, 3.05) is 12.4 Å². The Bertz CT molecular complexity index is 1050. The number of anilines is 2. The molecule has 0 aliphatic carbocycles. The first-order valence-electron chi connectivity index (χ1n) is 8.03. The second-order valence-corrected chi connectivity index (χ2v) is 6.70. The third-order valence-electron chi connectivity index (χ3n) is 3.94. The van der Waals surface area contributed by atoms with Crippen LogP contribution >= 0.6 is 11.9 Å². The molecule has 0 amide bonds. The number of hydrogen-bond donors (Lipinski definition) is 3. The van der Waals surface area contributed by atoms with Crippen LogP contribution in [0.5, 0.6) is 0 Å². The number of aromatic amines is 1. The van der Waals surface area contributed by atoms with E-state index in [1.54, 1.807) is 24.1 Å². The number of halogens is 1. The molecule has 2 heterocycles. The highest BCUT2D eigenvalue weighted by atomic mass is 32.2. The lowest BCUT2D eigenvalue weighted by Crippen LogP contribution is -1.97. The molecule has 130 valence electrons. The smallest absolute Gasteiger partial charge is 0.143 e. The van der Waals surface area contributed by atoms with Gasteiger partial charge in [-0.3, -0.25) is 4.72 Å². The van der Waals surface area contributed by atoms with Crippen molar-refractivity contribution in [2.24, 2.45) is 0 Å². The maximum absolute atomic E-state index is 13.3. The molecule has 0 saturated heterocycles. The van der Waals surface area contributed by atoms with Crippen molar-refractivity contribution in [3.63, 3.8) is 0 Å². The van der Waals surface area contributed by atoms with Crippen molar-refractivity contribution >= 4 is 34.5 Å². The number of rotatable bonds is 5. The molecule has 4 aromatic rings. The van der Waals surface area contributed by atoms with Crippen molar-refractivity contribution in [2.45, 2.75) is 4.90 Å². The van der Waals surface area contributed by atoms with Gasteiger partial charge in [0.1, 0.15) is 23.6 Å². The fourth-order valence-electron chi connectivity index (χ4n) is 2.81. The van der Waals surface area contributed by atoms with E-state index in [1.807, 2.05) is 37.5 Å². The van der Waals surface area contributed by atoms with Gasteiger partial charge >= 0.3 is 0 Å². The van der Waals surface area contributed by atoms with Crippen LogP contribution in [0, 0.1) is 5.82 Å². The first-order valence-corrected chi connectivity index (χ1v) is 8.85. The van der Waals surface area contributed by atoms with Crippen LogP contribution in [0.4, 0.5) is 15.9 Å². The lowest BCUT2D eigenvalue weighted by atomic mass is 10.1. The summed E-state index contributed by atoms with van der Waals surface area (Å²) in [7, 11) is 1.88. The van der Waals surface area contributed by atoms with E-state index in [9.17, 15) is 4.39 Å². The van der Waals surface area contributed by atoms with Crippen LogP contribution in [-0.2, 0) is 0 Å². The highest BCUT2D eigenvalue weighted by Crippen LogP contribution is 2.33. The van der Waals surface area contributed by atoms with Crippen molar-refractivity contribution in [1.29, 1.82) is 0 Å². The number of H-pyrrole nitrogens is 1. The Labute approximate surface area is 154 Å². The minimum absolute atomic E-state index is 0.262. The average Bonchev–Trinajstić information content (AvgIpc) is 3.08. The fourth-order valence-corrected chi connectivity index (χ4v) is 3.37. The van der Waals surface area contributed by atoms with Crippen molar-refractivity contribution < 1.29 is 4.39 Å². The van der Waals surface area contributed by atoms with Gasteiger partial charge in [-0.1, -0.05) is 18.2 Å². The lowest BCUT2D eigenvalue weighted by molar-refractivity contribution is 0.628. The van der Waals surface area contributed by atoms with Gasteiger partial charge in [-0.2, -0.15) is 0 Å². The first-order chi connectivity index (χ1) is 12.7. The molecule has 2 aromatic heterocycles. The molecule has 0 unspecified atom stereocenters. The maximum Gasteiger partial charge on any atom is 0.143 e. The third kappa shape index (κ3) is 3.26. The summed E-state index contributed by atoms with van der Waals surface area (Å²) in [5, 5.41) is 4.23. The van der Waals surface area contributed by atoms with E-state index in [4.69, 9.17) is 0 Å². The number of aromatic nitrogens is 3. The molecule has 5 nitrogen and oxygen atoms in total. The van der Waals surface area contributed by atoms with Crippen LogP contribution in [0.2, 0.25) is 0 Å². The van der Waals surface area contributed by atoms with Gasteiger partial charge in [-0.25, -0.2) is 14.4 Å². The van der Waals surface area contributed by atoms with Crippen LogP contribution in [0.1, 0.15) is 0 Å². The third-order valence-corrected chi connectivity index (χ3v) is 4.64. The van der Waals surface area contributed by atoms with Gasteiger partial charge in [0, 0.05) is 22.3 Å². The standard InChI is InChI=1S/C19H16FN5S/c1-21-26-15-4-2-3-14(9-15)25-19-17-16(10-22-18(17)23-11-24-19)12-5-7-13(20)8-6-12/h2-11,21H,1H3,(H2,22,23,24,25). The summed E-state index contributed by atoms with van der Waals surface area (Å²) in [5.74, 6) is 0.434. The van der Waals surface area contributed by atoms with Gasteiger partial charge in [-0.05, 0) is 54.9 Å². The summed E-state index contributed by atoms with van der Waals surface area (Å²) in [6.45, 7) is 0. The van der Waals surface area contributed by atoms with Crippen molar-refractivity contribution in [1.82, 2.24) is 19.7 Å². The van der Waals surface area contributed by atoms with Gasteiger partial charge in [-0.15, -0.1) is 0 Å². The molecule has 0 spiro atoms. The van der Waals surface area contributed by atoms with E-state index < -0.39 is 0 Å². The molecule has 0 aliphatic heterocycles. The Morgan fingerprint density at radius 3 is 2.73 bits per heavy atom. The van der Waals surface area contributed by atoms with Gasteiger partial charge in [0.2, 0.25) is 0 Å². The number of fused-ring (bicyclic) bond motifs is 1. The summed E-state index contributed by atoms with van der Waals surface area (Å²) in [6, 6.07) is 14.4. The topological polar surface area (TPSA) is 65.6 Å². The zero-order valence-electron chi connectivity index (χ0n) is 14.0. The minimum atomic E-state index is -0.262. The van der Waals surface area contributed by atoms with E-state index in [-0.39, 0.29) is 5.82 Å². The number of hydrogen-bond acceptors (Lipinski definition) is 5. The SMILES string of the molecule is CNSc1cccc(Nc2ncnc3[nH]cc(-c4ccc(F)cc4)c23)c1. The molecule has 0 radical (unpaired) electrons. The van der Waals surface area contributed by atoms with Crippen LogP contribution in [-0.4, -0.2) is 22.0 Å². The van der Waals surface area contributed by atoms with Crippen LogP contribution in [0.25, 0.3) is 22.2 Å². The van der Waals surface area contributed by atoms with E-state index in [0.29, 0.717) is 5.82 Å². The summed E-state index contributed by atoms with van der Waals surface area (Å²) in [5.41, 5.74) is 3.47. The minimum Gasteiger partial charge on any atom is -0.345 e. The van der Waals surface area contributed by atoms with Gasteiger partial charge in [0.15, 0.2) is 0 Å². The van der Waals surface area contributed by atoms with Crippen LogP contribution < -0.4 is 10.0 Å². The molecular weight excluding hydrogens is 349 g/mol. The Morgan fingerprint density at radius 1 is 1.08 bits per heavy atom. The molecule has 0 fully saturated rings. The molecule has 3 N–H and O–H groups in total. The zero-order valence-corrected chi connectivity index (χ0v) is 14.8. The highest BCUT2D eigenvalue weighted by molar-refractivity contribution is 7.97. The quantitative estimate of drug-likeness (QED) is 0.446. The number of nitrogens with one attached hydrogen (secondary N) is 3. The van der Waals surface area contributed by atoms with Crippen molar-refractivity contribution in [3.05, 3.63) is 66.9 Å². The average molecular weight is 365 g/mol. The Hall–Kier alpha value is -2.90. The molecule has 26 heavy (non-hydrogen) atoms. The Balaban J connectivity index is 1.77. The molecule has 0 saturated carbocycles. The molecule has 4 rings (SSSR count). The van der Waals surface area contributed by atoms with Gasteiger partial charge < -0.3 is 10.3 Å². The zero-order chi connectivity index (χ0) is 17.9. The summed E-state index contributed by atoms with van der Waals surface area (Å²) < 4.78 is 16.3. The maximum atomic E-state index is 13.3. The highest BCUT2D eigenvalue weighted by Gasteiger charge is 2.13. The second-order valence-electron chi connectivity index (χ2n) is 5.61. The van der Waals surface area contributed by atoms with E-state index in [0.717, 1.165) is 32.7 Å². The Kier molecular flexibility index (Phi) is 4.55. The van der Waals surface area contributed by atoms with E-state index in [1.165, 1.54) is 18.5 Å². The fraction of sp³-hybridized carbons (Fsp3) is 0.0526. The predicted molar refractivity (Wildman–Crippen MR) is 104 cm³/mol. The van der Waals surface area contributed by atoms with Gasteiger partial charge in [0.25, 0.3) is 0 Å². The second kappa shape index (κ2) is 7.15.